The normalized spacial score (nSPS) is 39.3. The van der Waals surface area contributed by atoms with E-state index in [-0.39, 0.29) is 24.1 Å². The predicted octanol–water partition coefficient (Wildman–Crippen LogP) is 0.194. The average Bonchev–Trinajstić information content (AvgIpc) is 2.70. The number of aliphatic hydroxyl groups excluding tert-OH is 1. The van der Waals surface area contributed by atoms with E-state index in [1.807, 2.05) is 0 Å². The smallest absolute Gasteiger partial charge is 0.410 e. The van der Waals surface area contributed by atoms with Crippen LogP contribution in [-0.2, 0) is 9.47 Å². The zero-order valence-electron chi connectivity index (χ0n) is 8.43. The van der Waals surface area contributed by atoms with Crippen molar-refractivity contribution in [2.45, 2.75) is 30.6 Å². The van der Waals surface area contributed by atoms with Gasteiger partial charge in [-0.3, -0.25) is 4.90 Å². The molecule has 0 radical (unpaired) electrons. The van der Waals surface area contributed by atoms with Crippen LogP contribution in [0.3, 0.4) is 0 Å². The number of halogens is 1. The number of rotatable bonds is 1. The van der Waals surface area contributed by atoms with Gasteiger partial charge >= 0.3 is 6.09 Å². The number of nitrogens with zero attached hydrogens (tertiary/aromatic N) is 1. The van der Waals surface area contributed by atoms with Crippen LogP contribution >= 0.6 is 11.6 Å². The minimum atomic E-state index is -0.664. The molecule has 15 heavy (non-hydrogen) atoms. The highest BCUT2D eigenvalue weighted by Crippen LogP contribution is 2.32. The van der Waals surface area contributed by atoms with Crippen molar-refractivity contribution in [1.82, 2.24) is 4.90 Å². The van der Waals surface area contributed by atoms with E-state index in [4.69, 9.17) is 21.1 Å². The second-order valence-corrected chi connectivity index (χ2v) is 4.28. The second kappa shape index (κ2) is 4.15. The van der Waals surface area contributed by atoms with Crippen LogP contribution in [0.2, 0.25) is 0 Å². The topological polar surface area (TPSA) is 59.0 Å². The van der Waals surface area contributed by atoms with Gasteiger partial charge in [0.25, 0.3) is 0 Å². The summed E-state index contributed by atoms with van der Waals surface area (Å²) in [5.41, 5.74) is 0. The number of fused-ring (bicyclic) bond motifs is 1. The fourth-order valence-electron chi connectivity index (χ4n) is 2.15. The molecule has 1 amide bonds. The van der Waals surface area contributed by atoms with E-state index in [1.54, 1.807) is 6.92 Å². The van der Waals surface area contributed by atoms with Crippen LogP contribution in [0, 0.1) is 0 Å². The number of alkyl halides is 1. The molecule has 0 bridgehead atoms. The molecule has 6 heteroatoms. The minimum absolute atomic E-state index is 0.231. The number of amides is 1. The van der Waals surface area contributed by atoms with Gasteiger partial charge in [-0.05, 0) is 6.92 Å². The fraction of sp³-hybridized carbons (Fsp3) is 0.889. The van der Waals surface area contributed by atoms with Crippen molar-refractivity contribution in [3.8, 4) is 0 Å². The van der Waals surface area contributed by atoms with E-state index in [1.165, 1.54) is 4.90 Å². The van der Waals surface area contributed by atoms with Gasteiger partial charge in [-0.2, -0.15) is 0 Å². The lowest BCUT2D eigenvalue weighted by Crippen LogP contribution is -2.44. The van der Waals surface area contributed by atoms with Crippen molar-refractivity contribution >= 4 is 17.7 Å². The molecule has 2 heterocycles. The molecule has 0 aromatic rings. The van der Waals surface area contributed by atoms with Crippen molar-refractivity contribution in [2.75, 3.05) is 19.8 Å². The van der Waals surface area contributed by atoms with E-state index in [9.17, 15) is 9.90 Å². The molecule has 5 nitrogen and oxygen atoms in total. The van der Waals surface area contributed by atoms with E-state index in [0.717, 1.165) is 0 Å². The summed E-state index contributed by atoms with van der Waals surface area (Å²) in [4.78, 5) is 13.0. The zero-order valence-corrected chi connectivity index (χ0v) is 9.18. The first-order valence-corrected chi connectivity index (χ1v) is 5.46. The molecule has 1 N–H and O–H groups in total. The Morgan fingerprint density at radius 1 is 1.73 bits per heavy atom. The lowest BCUT2D eigenvalue weighted by Gasteiger charge is -2.23. The number of carbonyl (C=O) groups is 1. The Labute approximate surface area is 92.9 Å². The van der Waals surface area contributed by atoms with Crippen LogP contribution in [0.15, 0.2) is 0 Å². The third-order valence-electron chi connectivity index (χ3n) is 2.78. The Morgan fingerprint density at radius 2 is 2.47 bits per heavy atom. The van der Waals surface area contributed by atoms with Gasteiger partial charge in [0, 0.05) is 6.54 Å². The molecule has 0 spiro atoms. The van der Waals surface area contributed by atoms with Crippen LogP contribution in [0.5, 0.6) is 0 Å². The summed E-state index contributed by atoms with van der Waals surface area (Å²) in [5.74, 6) is 0. The monoisotopic (exact) mass is 235 g/mol. The lowest BCUT2D eigenvalue weighted by molar-refractivity contribution is 0.0660. The second-order valence-electron chi connectivity index (χ2n) is 3.72. The predicted molar refractivity (Wildman–Crippen MR) is 52.9 cm³/mol. The van der Waals surface area contributed by atoms with Gasteiger partial charge in [0.05, 0.1) is 30.7 Å². The first-order valence-electron chi connectivity index (χ1n) is 5.02. The molecule has 86 valence electrons. The Morgan fingerprint density at radius 3 is 3.13 bits per heavy atom. The largest absolute Gasteiger partial charge is 0.450 e. The number of likely N-dealkylation sites (tertiary alicyclic amines) is 1. The standard InChI is InChI=1S/C9H14ClNO4/c1-2-14-9(13)11-3-5(10)8-7(11)6(12)4-15-8/h5-8,12H,2-4H2,1H3. The summed E-state index contributed by atoms with van der Waals surface area (Å²) in [6, 6.07) is -0.355. The summed E-state index contributed by atoms with van der Waals surface area (Å²) in [6.45, 7) is 2.66. The van der Waals surface area contributed by atoms with Crippen molar-refractivity contribution < 1.29 is 19.4 Å². The van der Waals surface area contributed by atoms with Crippen LogP contribution in [0.25, 0.3) is 0 Å². The van der Waals surface area contributed by atoms with E-state index < -0.39 is 12.2 Å². The third-order valence-corrected chi connectivity index (χ3v) is 3.17. The molecule has 2 saturated heterocycles. The third kappa shape index (κ3) is 1.79. The molecule has 0 aliphatic carbocycles. The molecular weight excluding hydrogens is 222 g/mol. The lowest BCUT2D eigenvalue weighted by atomic mass is 10.1. The van der Waals surface area contributed by atoms with Crippen LogP contribution in [0.1, 0.15) is 6.92 Å². The molecule has 4 unspecified atom stereocenters. The Hall–Kier alpha value is -0.520. The maximum absolute atomic E-state index is 11.6. The van der Waals surface area contributed by atoms with Gasteiger partial charge in [0.1, 0.15) is 6.10 Å². The van der Waals surface area contributed by atoms with Crippen LogP contribution in [0.4, 0.5) is 4.79 Å². The van der Waals surface area contributed by atoms with E-state index in [2.05, 4.69) is 0 Å². The first-order chi connectivity index (χ1) is 7.15. The van der Waals surface area contributed by atoms with Crippen molar-refractivity contribution in [2.24, 2.45) is 0 Å². The van der Waals surface area contributed by atoms with Gasteiger partial charge in [0.2, 0.25) is 0 Å². The minimum Gasteiger partial charge on any atom is -0.450 e. The molecule has 0 aromatic heterocycles. The summed E-state index contributed by atoms with van der Waals surface area (Å²) in [7, 11) is 0. The van der Waals surface area contributed by atoms with Gasteiger partial charge in [-0.25, -0.2) is 4.79 Å². The van der Waals surface area contributed by atoms with Gasteiger partial charge in [-0.15, -0.1) is 11.6 Å². The van der Waals surface area contributed by atoms with Crippen molar-refractivity contribution in [3.63, 3.8) is 0 Å². The summed E-state index contributed by atoms with van der Waals surface area (Å²) in [6.07, 6.45) is -1.37. The zero-order chi connectivity index (χ0) is 11.0. The Balaban J connectivity index is 2.09. The Bertz CT molecular complexity index is 262. The number of carbonyl (C=O) groups excluding carboxylic acids is 1. The summed E-state index contributed by atoms with van der Waals surface area (Å²) < 4.78 is 10.2. The van der Waals surface area contributed by atoms with Crippen LogP contribution < -0.4 is 0 Å². The molecular formula is C9H14ClNO4. The molecule has 2 fully saturated rings. The van der Waals surface area contributed by atoms with Crippen molar-refractivity contribution in [3.05, 3.63) is 0 Å². The van der Waals surface area contributed by atoms with Gasteiger partial charge < -0.3 is 14.6 Å². The molecule has 0 aromatic carbocycles. The molecule has 4 atom stereocenters. The SMILES string of the molecule is CCOC(=O)N1CC(Cl)C2OCC(O)C21. The highest BCUT2D eigenvalue weighted by Gasteiger charge is 2.52. The van der Waals surface area contributed by atoms with Crippen molar-refractivity contribution in [1.29, 1.82) is 0 Å². The molecule has 2 rings (SSSR count). The van der Waals surface area contributed by atoms with E-state index in [0.29, 0.717) is 13.2 Å². The van der Waals surface area contributed by atoms with Crippen LogP contribution in [-0.4, -0.2) is 59.5 Å². The van der Waals surface area contributed by atoms with Gasteiger partial charge in [0.15, 0.2) is 0 Å². The number of hydrogen-bond acceptors (Lipinski definition) is 4. The number of hydrogen-bond donors (Lipinski definition) is 1. The summed E-state index contributed by atoms with van der Waals surface area (Å²) >= 11 is 6.03. The fourth-order valence-corrected chi connectivity index (χ4v) is 2.52. The number of ether oxygens (including phenoxy) is 2. The van der Waals surface area contributed by atoms with Gasteiger partial charge in [-0.1, -0.05) is 0 Å². The quantitative estimate of drug-likeness (QED) is 0.660. The molecule has 2 aliphatic heterocycles. The Kier molecular flexibility index (Phi) is 3.04. The number of aliphatic hydroxyl groups is 1. The maximum Gasteiger partial charge on any atom is 0.410 e. The average molecular weight is 236 g/mol. The molecule has 2 aliphatic rings. The highest BCUT2D eigenvalue weighted by molar-refractivity contribution is 6.21. The summed E-state index contributed by atoms with van der Waals surface area (Å²) in [5, 5.41) is 9.40. The molecule has 0 saturated carbocycles. The van der Waals surface area contributed by atoms with E-state index >= 15 is 0 Å². The highest BCUT2D eigenvalue weighted by atomic mass is 35.5. The first kappa shape index (κ1) is 11.0. The maximum atomic E-state index is 11.6.